The van der Waals surface area contributed by atoms with Crippen molar-refractivity contribution in [3.05, 3.63) is 34.2 Å². The fraction of sp³-hybridized carbons (Fsp3) is 0.385. The molecule has 2 N–H and O–H groups in total. The van der Waals surface area contributed by atoms with E-state index in [9.17, 15) is 18.0 Å². The van der Waals surface area contributed by atoms with Crippen molar-refractivity contribution in [2.24, 2.45) is 0 Å². The van der Waals surface area contributed by atoms with Gasteiger partial charge in [-0.25, -0.2) is 13.2 Å². The summed E-state index contributed by atoms with van der Waals surface area (Å²) in [6, 6.07) is 4.58. The number of benzene rings is 1. The van der Waals surface area contributed by atoms with Gasteiger partial charge in [-0.2, -0.15) is 0 Å². The summed E-state index contributed by atoms with van der Waals surface area (Å²) in [6.45, 7) is 0. The maximum atomic E-state index is 12.4. The third-order valence-corrected chi connectivity index (χ3v) is 5.59. The highest BCUT2D eigenvalue weighted by Crippen LogP contribution is 2.19. The van der Waals surface area contributed by atoms with Gasteiger partial charge in [-0.15, -0.1) is 0 Å². The van der Waals surface area contributed by atoms with Crippen LogP contribution in [0.2, 0.25) is 0 Å². The summed E-state index contributed by atoms with van der Waals surface area (Å²) >= 11 is 0. The van der Waals surface area contributed by atoms with E-state index in [2.05, 4.69) is 9.97 Å². The first-order valence-electron chi connectivity index (χ1n) is 6.55. The lowest BCUT2D eigenvalue weighted by molar-refractivity contribution is 0.0748. The summed E-state index contributed by atoms with van der Waals surface area (Å²) in [7, 11) is -1.42. The smallest absolute Gasteiger partial charge is 0.323 e. The molecule has 21 heavy (non-hydrogen) atoms. The highest BCUT2D eigenvalue weighted by molar-refractivity contribution is 7.91. The van der Waals surface area contributed by atoms with Crippen molar-refractivity contribution in [2.45, 2.75) is 12.5 Å². The summed E-state index contributed by atoms with van der Waals surface area (Å²) in [5.74, 6) is -0.112. The zero-order valence-corrected chi connectivity index (χ0v) is 12.2. The number of sulfone groups is 1. The lowest BCUT2D eigenvalue weighted by Gasteiger charge is -2.23. The van der Waals surface area contributed by atoms with Crippen LogP contribution in [0.15, 0.2) is 23.0 Å². The Bertz CT molecular complexity index is 865. The first kappa shape index (κ1) is 13.9. The summed E-state index contributed by atoms with van der Waals surface area (Å²) in [4.78, 5) is 30.3. The van der Waals surface area contributed by atoms with Crippen LogP contribution in [0.5, 0.6) is 0 Å². The summed E-state index contributed by atoms with van der Waals surface area (Å²) in [5, 5.41) is 0. The second-order valence-corrected chi connectivity index (χ2v) is 7.54. The fourth-order valence-corrected chi connectivity index (χ4v) is 4.39. The highest BCUT2D eigenvalue weighted by Gasteiger charge is 2.33. The molecule has 2 heterocycles. The number of imidazole rings is 1. The van der Waals surface area contributed by atoms with Crippen LogP contribution >= 0.6 is 0 Å². The number of aromatic amines is 2. The van der Waals surface area contributed by atoms with Crippen LogP contribution in [0, 0.1) is 0 Å². The van der Waals surface area contributed by atoms with E-state index in [-0.39, 0.29) is 29.1 Å². The first-order chi connectivity index (χ1) is 9.85. The number of amides is 1. The molecule has 1 aliphatic rings. The van der Waals surface area contributed by atoms with Gasteiger partial charge >= 0.3 is 5.69 Å². The van der Waals surface area contributed by atoms with Gasteiger partial charge < -0.3 is 14.9 Å². The number of fused-ring (bicyclic) bond motifs is 1. The van der Waals surface area contributed by atoms with Crippen molar-refractivity contribution >= 4 is 26.8 Å². The Morgan fingerprint density at radius 1 is 1.29 bits per heavy atom. The Morgan fingerprint density at radius 3 is 2.67 bits per heavy atom. The molecule has 1 amide bonds. The molecule has 0 spiro atoms. The molecular formula is C13H15N3O4S. The van der Waals surface area contributed by atoms with E-state index in [0.717, 1.165) is 0 Å². The van der Waals surface area contributed by atoms with Gasteiger partial charge in [0.1, 0.15) is 0 Å². The third-order valence-electron chi connectivity index (χ3n) is 3.84. The minimum Gasteiger partial charge on any atom is -0.338 e. The Labute approximate surface area is 120 Å². The summed E-state index contributed by atoms with van der Waals surface area (Å²) in [5.41, 5.74) is 1.27. The molecule has 1 unspecified atom stereocenters. The summed E-state index contributed by atoms with van der Waals surface area (Å²) < 4.78 is 23.0. The van der Waals surface area contributed by atoms with E-state index in [1.165, 1.54) is 4.90 Å². The number of H-pyrrole nitrogens is 2. The minimum absolute atomic E-state index is 0.0124. The van der Waals surface area contributed by atoms with E-state index in [1.54, 1.807) is 25.2 Å². The number of nitrogens with zero attached hydrogens (tertiary/aromatic N) is 1. The molecule has 1 aliphatic heterocycles. The standard InChI is InChI=1S/C13H15N3O4S/c1-16(9-4-5-21(19,20)7-9)12(17)8-2-3-10-11(6-8)15-13(18)14-10/h2-3,6,9H,4-5,7H2,1H3,(H2,14,15,18). The molecule has 8 heteroatoms. The molecule has 0 bridgehead atoms. The molecule has 112 valence electrons. The molecule has 0 saturated carbocycles. The monoisotopic (exact) mass is 309 g/mol. The third kappa shape index (κ3) is 2.58. The predicted molar refractivity (Wildman–Crippen MR) is 78.1 cm³/mol. The number of nitrogens with one attached hydrogen (secondary N) is 2. The molecule has 1 aromatic heterocycles. The molecular weight excluding hydrogens is 294 g/mol. The van der Waals surface area contributed by atoms with Crippen molar-refractivity contribution in [2.75, 3.05) is 18.6 Å². The van der Waals surface area contributed by atoms with E-state index >= 15 is 0 Å². The number of hydrogen-bond acceptors (Lipinski definition) is 4. The van der Waals surface area contributed by atoms with Gasteiger partial charge in [0.2, 0.25) is 0 Å². The Morgan fingerprint density at radius 2 is 2.00 bits per heavy atom. The minimum atomic E-state index is -3.03. The maximum absolute atomic E-state index is 12.4. The highest BCUT2D eigenvalue weighted by atomic mass is 32.2. The Kier molecular flexibility index (Phi) is 3.12. The van der Waals surface area contributed by atoms with Crippen LogP contribution < -0.4 is 5.69 Å². The van der Waals surface area contributed by atoms with Crippen LogP contribution in [0.1, 0.15) is 16.8 Å². The van der Waals surface area contributed by atoms with Crippen LogP contribution in [-0.4, -0.2) is 53.8 Å². The van der Waals surface area contributed by atoms with Gasteiger partial charge in [0.15, 0.2) is 9.84 Å². The largest absolute Gasteiger partial charge is 0.338 e. The number of carbonyl (C=O) groups excluding carboxylic acids is 1. The van der Waals surface area contributed by atoms with Crippen LogP contribution in [0.25, 0.3) is 11.0 Å². The molecule has 0 aliphatic carbocycles. The zero-order valence-electron chi connectivity index (χ0n) is 11.4. The van der Waals surface area contributed by atoms with Crippen molar-refractivity contribution in [1.82, 2.24) is 14.9 Å². The predicted octanol–water partition coefficient (Wildman–Crippen LogP) is 0.115. The number of hydrogen-bond donors (Lipinski definition) is 2. The molecule has 1 aromatic carbocycles. The Balaban J connectivity index is 1.87. The number of rotatable bonds is 2. The number of carbonyl (C=O) groups is 1. The van der Waals surface area contributed by atoms with E-state index in [0.29, 0.717) is 23.0 Å². The average molecular weight is 309 g/mol. The molecule has 1 fully saturated rings. The van der Waals surface area contributed by atoms with Gasteiger partial charge in [0.05, 0.1) is 22.5 Å². The normalized spacial score (nSPS) is 20.7. The van der Waals surface area contributed by atoms with Gasteiger partial charge in [0, 0.05) is 18.7 Å². The topological polar surface area (TPSA) is 103 Å². The van der Waals surface area contributed by atoms with Crippen molar-refractivity contribution < 1.29 is 13.2 Å². The second kappa shape index (κ2) is 4.73. The molecule has 7 nitrogen and oxygen atoms in total. The number of aromatic nitrogens is 2. The zero-order chi connectivity index (χ0) is 15.2. The summed E-state index contributed by atoms with van der Waals surface area (Å²) in [6.07, 6.45) is 0.466. The molecule has 3 rings (SSSR count). The Hall–Kier alpha value is -2.09. The average Bonchev–Trinajstić information content (AvgIpc) is 2.97. The molecule has 2 aromatic rings. The van der Waals surface area contributed by atoms with Gasteiger partial charge in [-0.1, -0.05) is 0 Å². The van der Waals surface area contributed by atoms with E-state index in [1.807, 2.05) is 0 Å². The van der Waals surface area contributed by atoms with Crippen molar-refractivity contribution in [3.63, 3.8) is 0 Å². The van der Waals surface area contributed by atoms with Crippen LogP contribution in [0.4, 0.5) is 0 Å². The van der Waals surface area contributed by atoms with Gasteiger partial charge in [-0.3, -0.25) is 4.79 Å². The maximum Gasteiger partial charge on any atom is 0.323 e. The molecule has 1 atom stereocenters. The van der Waals surface area contributed by atoms with Crippen LogP contribution in [-0.2, 0) is 9.84 Å². The van der Waals surface area contributed by atoms with Gasteiger partial charge in [0.25, 0.3) is 5.91 Å². The lowest BCUT2D eigenvalue weighted by atomic mass is 10.1. The van der Waals surface area contributed by atoms with E-state index in [4.69, 9.17) is 0 Å². The van der Waals surface area contributed by atoms with Crippen molar-refractivity contribution in [3.8, 4) is 0 Å². The molecule has 1 saturated heterocycles. The van der Waals surface area contributed by atoms with Crippen LogP contribution in [0.3, 0.4) is 0 Å². The second-order valence-electron chi connectivity index (χ2n) is 5.31. The molecule has 0 radical (unpaired) electrons. The quantitative estimate of drug-likeness (QED) is 0.822. The van der Waals surface area contributed by atoms with Gasteiger partial charge in [-0.05, 0) is 24.6 Å². The van der Waals surface area contributed by atoms with Crippen molar-refractivity contribution in [1.29, 1.82) is 0 Å². The SMILES string of the molecule is CN(C(=O)c1ccc2[nH]c(=O)[nH]c2c1)C1CCS(=O)(=O)C1. The lowest BCUT2D eigenvalue weighted by Crippen LogP contribution is -2.37. The fourth-order valence-electron chi connectivity index (χ4n) is 2.62. The van der Waals surface area contributed by atoms with E-state index < -0.39 is 9.84 Å². The first-order valence-corrected chi connectivity index (χ1v) is 8.37.